The largest absolute Gasteiger partial charge is 0.349 e. The summed E-state index contributed by atoms with van der Waals surface area (Å²) in [4.78, 5) is 30.2. The Hall–Kier alpha value is -0.960. The molecule has 0 aromatic heterocycles. The average Bonchev–Trinajstić information content (AvgIpc) is 2.34. The fourth-order valence-electron chi connectivity index (χ4n) is 1.63. The topological polar surface area (TPSA) is 69.6 Å². The Morgan fingerprint density at radius 1 is 1.28 bits per heavy atom. The van der Waals surface area contributed by atoms with E-state index in [1.54, 1.807) is 0 Å². The normalized spacial score (nSPS) is 12.8. The van der Waals surface area contributed by atoms with Crippen LogP contribution in [0.5, 0.6) is 0 Å². The van der Waals surface area contributed by atoms with Crippen molar-refractivity contribution in [2.24, 2.45) is 5.92 Å². The van der Waals surface area contributed by atoms with E-state index < -0.39 is 14.2 Å². The van der Waals surface area contributed by atoms with Crippen molar-refractivity contribution in [3.63, 3.8) is 0 Å². The monoisotopic (exact) mass is 269 g/mol. The van der Waals surface area contributed by atoms with Crippen molar-refractivity contribution >= 4 is 14.3 Å². The van der Waals surface area contributed by atoms with Crippen LogP contribution in [0.3, 0.4) is 0 Å². The van der Waals surface area contributed by atoms with Crippen LogP contribution in [-0.2, 0) is 11.2 Å². The Labute approximate surface area is 109 Å². The molecule has 0 unspecified atom stereocenters. The fraction of sp³-hybridized carbons (Fsp3) is 0.462. The van der Waals surface area contributed by atoms with E-state index >= 15 is 0 Å². The Bertz CT molecular complexity index is 360. The molecule has 0 aliphatic rings. The van der Waals surface area contributed by atoms with Gasteiger partial charge < -0.3 is 15.1 Å². The maximum absolute atomic E-state index is 11.7. The summed E-state index contributed by atoms with van der Waals surface area (Å²) in [5.41, 5.74) is 1.10. The summed E-state index contributed by atoms with van der Waals surface area (Å²) in [5, 5.41) is 2.68. The predicted octanol–water partition coefficient (Wildman–Crippen LogP) is 2.01. The molecule has 1 rings (SSSR count). The molecule has 1 atom stereocenters. The first-order valence-electron chi connectivity index (χ1n) is 6.01. The van der Waals surface area contributed by atoms with Crippen molar-refractivity contribution in [1.29, 1.82) is 0 Å². The zero-order valence-electron chi connectivity index (χ0n) is 10.7. The Morgan fingerprint density at radius 2 is 1.89 bits per heavy atom. The maximum Gasteiger partial charge on any atom is 0.220 e. The highest BCUT2D eigenvalue weighted by Gasteiger charge is 2.23. The average molecular weight is 269 g/mol. The number of hydrogen-bond donors (Lipinski definition) is 3. The lowest BCUT2D eigenvalue weighted by Gasteiger charge is -2.22. The standard InChI is InChI=1S/C13H20NO3P/c1-10(2)13(18(16)17)14-12(15)9-8-11-6-4-3-5-7-11/h3-7,10,13,16-17H,8-9H2,1-2H3,(H,14,15)/t13-/m1/s1. The summed E-state index contributed by atoms with van der Waals surface area (Å²) in [6.45, 7) is 3.70. The minimum absolute atomic E-state index is 0.00628. The summed E-state index contributed by atoms with van der Waals surface area (Å²) in [6.07, 6.45) is 1.02. The lowest BCUT2D eigenvalue weighted by molar-refractivity contribution is -0.121. The molecule has 1 amide bonds. The highest BCUT2D eigenvalue weighted by Crippen LogP contribution is 2.33. The van der Waals surface area contributed by atoms with Gasteiger partial charge in [0.2, 0.25) is 5.91 Å². The van der Waals surface area contributed by atoms with Crippen molar-refractivity contribution in [2.45, 2.75) is 32.5 Å². The third kappa shape index (κ3) is 5.13. The van der Waals surface area contributed by atoms with E-state index in [2.05, 4.69) is 5.32 Å². The second-order valence-corrected chi connectivity index (χ2v) is 5.76. The van der Waals surface area contributed by atoms with Crippen LogP contribution in [-0.4, -0.2) is 21.5 Å². The lowest BCUT2D eigenvalue weighted by Crippen LogP contribution is -2.37. The van der Waals surface area contributed by atoms with Crippen LogP contribution in [0.25, 0.3) is 0 Å². The molecule has 4 nitrogen and oxygen atoms in total. The van der Waals surface area contributed by atoms with Gasteiger partial charge in [-0.2, -0.15) is 0 Å². The van der Waals surface area contributed by atoms with Crippen molar-refractivity contribution < 1.29 is 14.6 Å². The summed E-state index contributed by atoms with van der Waals surface area (Å²) in [7, 11) is -2.13. The first-order valence-corrected chi connectivity index (χ1v) is 7.32. The summed E-state index contributed by atoms with van der Waals surface area (Å²) in [5.74, 6) is -0.691. The first-order chi connectivity index (χ1) is 8.50. The van der Waals surface area contributed by atoms with Crippen LogP contribution in [0.4, 0.5) is 0 Å². The molecular formula is C13H20NO3P. The van der Waals surface area contributed by atoms with E-state index in [9.17, 15) is 14.6 Å². The molecule has 0 bridgehead atoms. The van der Waals surface area contributed by atoms with Crippen LogP contribution >= 0.6 is 8.38 Å². The molecule has 0 radical (unpaired) electrons. The van der Waals surface area contributed by atoms with Crippen molar-refractivity contribution in [1.82, 2.24) is 5.32 Å². The second kappa shape index (κ2) is 7.47. The van der Waals surface area contributed by atoms with Gasteiger partial charge in [-0.25, -0.2) is 0 Å². The van der Waals surface area contributed by atoms with Gasteiger partial charge in [-0.1, -0.05) is 44.2 Å². The molecule has 100 valence electrons. The molecule has 0 aliphatic heterocycles. The van der Waals surface area contributed by atoms with E-state index in [1.807, 2.05) is 44.2 Å². The molecule has 0 heterocycles. The zero-order chi connectivity index (χ0) is 13.5. The number of nitrogens with one attached hydrogen (secondary N) is 1. The highest BCUT2D eigenvalue weighted by molar-refractivity contribution is 7.45. The Kier molecular flexibility index (Phi) is 6.27. The number of carbonyl (C=O) groups is 1. The Morgan fingerprint density at radius 3 is 2.39 bits per heavy atom. The van der Waals surface area contributed by atoms with E-state index in [-0.39, 0.29) is 11.8 Å². The van der Waals surface area contributed by atoms with E-state index in [0.717, 1.165) is 5.56 Å². The number of rotatable bonds is 6. The first kappa shape index (κ1) is 15.1. The fourth-order valence-corrected chi connectivity index (χ4v) is 2.42. The lowest BCUT2D eigenvalue weighted by atomic mass is 10.1. The molecule has 0 saturated carbocycles. The van der Waals surface area contributed by atoms with Gasteiger partial charge >= 0.3 is 0 Å². The minimum atomic E-state index is -2.13. The van der Waals surface area contributed by atoms with Crippen LogP contribution < -0.4 is 5.32 Å². The molecule has 0 fully saturated rings. The van der Waals surface area contributed by atoms with Crippen molar-refractivity contribution in [3.8, 4) is 0 Å². The number of carbonyl (C=O) groups excluding carboxylic acids is 1. The van der Waals surface area contributed by atoms with Gasteiger partial charge in [0.25, 0.3) is 0 Å². The smallest absolute Gasteiger partial charge is 0.220 e. The third-order valence-electron chi connectivity index (χ3n) is 2.67. The number of amides is 1. The van der Waals surface area contributed by atoms with Crippen molar-refractivity contribution in [3.05, 3.63) is 35.9 Å². The summed E-state index contributed by atoms with van der Waals surface area (Å²) in [6, 6.07) is 9.75. The predicted molar refractivity (Wildman–Crippen MR) is 72.9 cm³/mol. The van der Waals surface area contributed by atoms with Crippen molar-refractivity contribution in [2.75, 3.05) is 0 Å². The van der Waals surface area contributed by atoms with E-state index in [0.29, 0.717) is 12.8 Å². The van der Waals surface area contributed by atoms with E-state index in [1.165, 1.54) is 0 Å². The number of aryl methyl sites for hydroxylation is 1. The molecule has 3 N–H and O–H groups in total. The van der Waals surface area contributed by atoms with Gasteiger partial charge in [-0.05, 0) is 17.9 Å². The minimum Gasteiger partial charge on any atom is -0.349 e. The maximum atomic E-state index is 11.7. The zero-order valence-corrected chi connectivity index (χ0v) is 11.6. The van der Waals surface area contributed by atoms with Crippen LogP contribution in [0.1, 0.15) is 25.8 Å². The quantitative estimate of drug-likeness (QED) is 0.692. The number of hydrogen-bond acceptors (Lipinski definition) is 3. The molecular weight excluding hydrogens is 249 g/mol. The van der Waals surface area contributed by atoms with Gasteiger partial charge in [0, 0.05) is 6.42 Å². The van der Waals surface area contributed by atoms with Gasteiger partial charge in [0.1, 0.15) is 5.78 Å². The van der Waals surface area contributed by atoms with Crippen LogP contribution in [0.2, 0.25) is 0 Å². The summed E-state index contributed by atoms with van der Waals surface area (Å²) < 4.78 is 0. The van der Waals surface area contributed by atoms with Crippen LogP contribution in [0, 0.1) is 5.92 Å². The van der Waals surface area contributed by atoms with E-state index in [4.69, 9.17) is 0 Å². The SMILES string of the molecule is CC(C)[C@H](NC(=O)CCc1ccccc1)P(O)O. The second-order valence-electron chi connectivity index (χ2n) is 4.56. The van der Waals surface area contributed by atoms with Crippen LogP contribution in [0.15, 0.2) is 30.3 Å². The third-order valence-corrected chi connectivity index (χ3v) is 3.90. The highest BCUT2D eigenvalue weighted by atomic mass is 31.2. The molecule has 1 aromatic carbocycles. The Balaban J connectivity index is 2.41. The van der Waals surface area contributed by atoms with Gasteiger partial charge in [-0.15, -0.1) is 0 Å². The summed E-state index contributed by atoms with van der Waals surface area (Å²) >= 11 is 0. The molecule has 0 saturated heterocycles. The number of benzene rings is 1. The van der Waals surface area contributed by atoms with Gasteiger partial charge in [0.15, 0.2) is 8.38 Å². The van der Waals surface area contributed by atoms with Gasteiger partial charge in [-0.3, -0.25) is 4.79 Å². The molecule has 0 spiro atoms. The molecule has 18 heavy (non-hydrogen) atoms. The molecule has 1 aromatic rings. The molecule has 0 aliphatic carbocycles. The van der Waals surface area contributed by atoms with Gasteiger partial charge in [0.05, 0.1) is 0 Å². The molecule has 5 heteroatoms.